The molecule has 5 N–H and O–H groups in total. The number of rotatable bonds is 5. The summed E-state index contributed by atoms with van der Waals surface area (Å²) in [6.07, 6.45) is 4.92. The van der Waals surface area contributed by atoms with Gasteiger partial charge in [-0.05, 0) is 42.9 Å². The molecule has 0 radical (unpaired) electrons. The number of nitrogens with zero attached hydrogens (tertiary/aromatic N) is 5. The molecule has 0 bridgehead atoms. The lowest BCUT2D eigenvalue weighted by Crippen LogP contribution is -2.48. The molecule has 1 aliphatic rings. The largest absolute Gasteiger partial charge is 0.383 e. The number of hydrogen-bond donors (Lipinski definition) is 4. The van der Waals surface area contributed by atoms with Crippen molar-refractivity contribution in [1.29, 1.82) is 5.41 Å². The predicted octanol–water partition coefficient (Wildman–Crippen LogP) is 5.12. The number of urea groups is 1. The quantitative estimate of drug-likeness (QED) is 0.218. The van der Waals surface area contributed by atoms with Crippen LogP contribution < -0.4 is 11.1 Å². The first kappa shape index (κ1) is 26.4. The van der Waals surface area contributed by atoms with E-state index in [9.17, 15) is 4.79 Å². The number of H-pyrrole nitrogens is 1. The molecule has 3 aromatic heterocycles. The third-order valence-corrected chi connectivity index (χ3v) is 7.42. The number of hydrogen-bond acceptors (Lipinski definition) is 7. The Morgan fingerprint density at radius 1 is 1.00 bits per heavy atom. The van der Waals surface area contributed by atoms with Crippen molar-refractivity contribution in [3.05, 3.63) is 89.6 Å². The van der Waals surface area contributed by atoms with Crippen molar-refractivity contribution in [3.63, 3.8) is 0 Å². The molecule has 1 fully saturated rings. The van der Waals surface area contributed by atoms with Crippen LogP contribution in [0.2, 0.25) is 5.02 Å². The number of nitrogen functional groups attached to an aromatic ring is 1. The van der Waals surface area contributed by atoms with Gasteiger partial charge in [0.1, 0.15) is 11.5 Å². The molecule has 2 amide bonds. The molecule has 0 atom stereocenters. The Hall–Kier alpha value is -4.80. The van der Waals surface area contributed by atoms with Gasteiger partial charge < -0.3 is 25.8 Å². The van der Waals surface area contributed by atoms with Crippen molar-refractivity contribution in [2.24, 2.45) is 0 Å². The van der Waals surface area contributed by atoms with E-state index in [0.29, 0.717) is 40.8 Å². The summed E-state index contributed by atoms with van der Waals surface area (Å²) in [4.78, 5) is 33.4. The number of likely N-dealkylation sites (N-methyl/N-ethyl adjacent to an activating group) is 1. The molecule has 6 rings (SSSR count). The second kappa shape index (κ2) is 11.0. The second-order valence-electron chi connectivity index (χ2n) is 10.0. The molecule has 0 unspecified atom stereocenters. The van der Waals surface area contributed by atoms with E-state index in [2.05, 4.69) is 25.2 Å². The molecule has 4 heterocycles. The van der Waals surface area contributed by atoms with E-state index in [1.165, 1.54) is 0 Å². The standard InChI is InChI=1S/C30H28ClN9O/c1-39-8-10-40(11-9-39)30(41)36-22-13-19(15-34-17-22)20-14-24(28(33)35-16-20)26(32)29-37-25-7-3-6-23(27(25)38-29)18-4-2-5-21(31)12-18/h2-7,12-17,32H,8-11H2,1H3,(H2,33,35)(H,36,41)(H,37,38). The first-order valence-corrected chi connectivity index (χ1v) is 13.5. The number of aromatic nitrogens is 4. The summed E-state index contributed by atoms with van der Waals surface area (Å²) in [5, 5.41) is 12.5. The highest BCUT2D eigenvalue weighted by Gasteiger charge is 2.20. The third kappa shape index (κ3) is 5.47. The number of amides is 2. The van der Waals surface area contributed by atoms with Gasteiger partial charge in [0.15, 0.2) is 5.82 Å². The minimum Gasteiger partial charge on any atom is -0.383 e. The van der Waals surface area contributed by atoms with E-state index in [0.717, 1.165) is 40.8 Å². The normalized spacial score (nSPS) is 13.9. The number of nitrogens with two attached hydrogens (primary N) is 1. The number of nitrogens with one attached hydrogen (secondary N) is 3. The lowest BCUT2D eigenvalue weighted by molar-refractivity contribution is 0.164. The number of benzene rings is 2. The lowest BCUT2D eigenvalue weighted by Gasteiger charge is -2.32. The average Bonchev–Trinajstić information content (AvgIpc) is 3.42. The molecule has 206 valence electrons. The number of para-hydroxylation sites is 1. The summed E-state index contributed by atoms with van der Waals surface area (Å²) < 4.78 is 0. The van der Waals surface area contributed by atoms with E-state index >= 15 is 0 Å². The van der Waals surface area contributed by atoms with E-state index in [4.69, 9.17) is 27.7 Å². The van der Waals surface area contributed by atoms with Gasteiger partial charge in [-0.25, -0.2) is 14.8 Å². The van der Waals surface area contributed by atoms with Gasteiger partial charge in [-0.3, -0.25) is 10.4 Å². The molecular weight excluding hydrogens is 538 g/mol. The topological polar surface area (TPSA) is 140 Å². The van der Waals surface area contributed by atoms with Crippen LogP contribution in [0.1, 0.15) is 11.4 Å². The molecule has 1 aliphatic heterocycles. The zero-order valence-electron chi connectivity index (χ0n) is 22.4. The van der Waals surface area contributed by atoms with Crippen LogP contribution in [0.25, 0.3) is 33.3 Å². The van der Waals surface area contributed by atoms with Crippen molar-refractivity contribution in [2.45, 2.75) is 0 Å². The zero-order chi connectivity index (χ0) is 28.5. The first-order chi connectivity index (χ1) is 19.9. The highest BCUT2D eigenvalue weighted by molar-refractivity contribution is 6.31. The van der Waals surface area contributed by atoms with Gasteiger partial charge in [0, 0.05) is 65.8 Å². The number of carbonyl (C=O) groups is 1. The van der Waals surface area contributed by atoms with E-state index in [1.54, 1.807) is 29.6 Å². The number of imidazole rings is 1. The van der Waals surface area contributed by atoms with Crippen molar-refractivity contribution in [3.8, 4) is 22.3 Å². The summed E-state index contributed by atoms with van der Waals surface area (Å²) >= 11 is 6.23. The van der Waals surface area contributed by atoms with Crippen molar-refractivity contribution in [1.82, 2.24) is 29.7 Å². The molecule has 41 heavy (non-hydrogen) atoms. The fourth-order valence-electron chi connectivity index (χ4n) is 4.88. The van der Waals surface area contributed by atoms with Gasteiger partial charge in [-0.2, -0.15) is 0 Å². The van der Waals surface area contributed by atoms with Crippen LogP contribution in [0, 0.1) is 5.41 Å². The van der Waals surface area contributed by atoms with Crippen molar-refractivity contribution >= 4 is 45.9 Å². The molecule has 0 saturated carbocycles. The summed E-state index contributed by atoms with van der Waals surface area (Å²) in [6, 6.07) is 16.9. The summed E-state index contributed by atoms with van der Waals surface area (Å²) in [6.45, 7) is 3.02. The molecule has 11 heteroatoms. The molecule has 0 aliphatic carbocycles. The number of fused-ring (bicyclic) bond motifs is 1. The first-order valence-electron chi connectivity index (χ1n) is 13.1. The van der Waals surface area contributed by atoms with Crippen LogP contribution in [-0.2, 0) is 0 Å². The molecule has 1 saturated heterocycles. The fraction of sp³-hybridized carbons (Fsp3) is 0.167. The van der Waals surface area contributed by atoms with Crippen LogP contribution in [0.4, 0.5) is 16.3 Å². The van der Waals surface area contributed by atoms with Crippen LogP contribution in [0.3, 0.4) is 0 Å². The Morgan fingerprint density at radius 2 is 1.78 bits per heavy atom. The van der Waals surface area contributed by atoms with Crippen LogP contribution in [0.5, 0.6) is 0 Å². The van der Waals surface area contributed by atoms with Gasteiger partial charge in [0.05, 0.1) is 22.9 Å². The summed E-state index contributed by atoms with van der Waals surface area (Å²) in [5.41, 5.74) is 12.1. The van der Waals surface area contributed by atoms with Gasteiger partial charge in [0.2, 0.25) is 0 Å². The third-order valence-electron chi connectivity index (χ3n) is 7.19. The summed E-state index contributed by atoms with van der Waals surface area (Å²) in [5.74, 6) is 0.577. The molecule has 10 nitrogen and oxygen atoms in total. The second-order valence-corrected chi connectivity index (χ2v) is 10.4. The Balaban J connectivity index is 1.27. The van der Waals surface area contributed by atoms with Crippen LogP contribution >= 0.6 is 11.6 Å². The van der Waals surface area contributed by atoms with Crippen molar-refractivity contribution < 1.29 is 4.79 Å². The van der Waals surface area contributed by atoms with E-state index in [-0.39, 0.29) is 17.6 Å². The summed E-state index contributed by atoms with van der Waals surface area (Å²) in [7, 11) is 2.05. The monoisotopic (exact) mass is 565 g/mol. The van der Waals surface area contributed by atoms with E-state index in [1.807, 2.05) is 55.6 Å². The highest BCUT2D eigenvalue weighted by atomic mass is 35.5. The average molecular weight is 566 g/mol. The Morgan fingerprint density at radius 3 is 2.59 bits per heavy atom. The number of aromatic amines is 1. The molecule has 2 aromatic carbocycles. The Labute approximate surface area is 241 Å². The maximum atomic E-state index is 12.8. The Bertz CT molecular complexity index is 1780. The highest BCUT2D eigenvalue weighted by Crippen LogP contribution is 2.30. The van der Waals surface area contributed by atoms with Crippen molar-refractivity contribution in [2.75, 3.05) is 44.3 Å². The molecular formula is C30H28ClN9O. The molecule has 5 aromatic rings. The maximum absolute atomic E-state index is 12.8. The van der Waals surface area contributed by atoms with Gasteiger partial charge >= 0.3 is 6.03 Å². The number of pyridine rings is 2. The fourth-order valence-corrected chi connectivity index (χ4v) is 5.07. The van der Waals surface area contributed by atoms with Gasteiger partial charge in [-0.15, -0.1) is 0 Å². The Kier molecular flexibility index (Phi) is 7.08. The van der Waals surface area contributed by atoms with Crippen LogP contribution in [-0.4, -0.2) is 74.7 Å². The molecule has 0 spiro atoms. The maximum Gasteiger partial charge on any atom is 0.321 e. The smallest absolute Gasteiger partial charge is 0.321 e. The van der Waals surface area contributed by atoms with Crippen LogP contribution in [0.15, 0.2) is 73.2 Å². The number of halogens is 1. The predicted molar refractivity (Wildman–Crippen MR) is 162 cm³/mol. The minimum atomic E-state index is -0.156. The number of anilines is 2. The SMILES string of the molecule is CN1CCN(C(=O)Nc2cncc(-c3cnc(N)c(C(=N)c4nc5c(-c6cccc(Cl)c6)cccc5[nH]4)c3)c2)CC1. The lowest BCUT2D eigenvalue weighted by atomic mass is 10.0. The van der Waals surface area contributed by atoms with Gasteiger partial charge in [0.25, 0.3) is 0 Å². The van der Waals surface area contributed by atoms with E-state index < -0.39 is 0 Å². The zero-order valence-corrected chi connectivity index (χ0v) is 23.1. The number of piperazine rings is 1. The van der Waals surface area contributed by atoms with Gasteiger partial charge in [-0.1, -0.05) is 35.9 Å². The number of carbonyl (C=O) groups excluding carboxylic acids is 1. The minimum absolute atomic E-state index is 0.109.